The first kappa shape index (κ1) is 12.4. The number of nitrogens with zero attached hydrogens (tertiary/aromatic N) is 4. The summed E-state index contributed by atoms with van der Waals surface area (Å²) < 4.78 is 0. The van der Waals surface area contributed by atoms with Crippen molar-refractivity contribution in [1.29, 1.82) is 0 Å². The second-order valence-electron chi connectivity index (χ2n) is 5.07. The molecule has 2 aromatic heterocycles. The molecule has 1 fully saturated rings. The molecule has 0 atom stereocenters. The Morgan fingerprint density at radius 1 is 1.32 bits per heavy atom. The minimum atomic E-state index is 0.900. The van der Waals surface area contributed by atoms with Crippen molar-refractivity contribution < 1.29 is 0 Å². The van der Waals surface area contributed by atoms with E-state index in [-0.39, 0.29) is 0 Å². The third-order valence-electron chi connectivity index (χ3n) is 3.68. The molecule has 1 saturated heterocycles. The molecule has 2 aromatic rings. The smallest absolute Gasteiger partial charge is 0.157 e. The summed E-state index contributed by atoms with van der Waals surface area (Å²) >= 11 is 0. The molecule has 0 spiro atoms. The summed E-state index contributed by atoms with van der Waals surface area (Å²) in [5.74, 6) is 0.900. The van der Waals surface area contributed by atoms with Gasteiger partial charge in [0.2, 0.25) is 0 Å². The summed E-state index contributed by atoms with van der Waals surface area (Å²) in [6.07, 6.45) is 3.62. The number of H-pyrrole nitrogens is 1. The number of fused-ring (bicyclic) bond motifs is 1. The molecule has 6 heteroatoms. The van der Waals surface area contributed by atoms with E-state index in [2.05, 4.69) is 37.3 Å². The molecule has 3 heterocycles. The first-order valence-electron chi connectivity index (χ1n) is 6.76. The van der Waals surface area contributed by atoms with Gasteiger partial charge in [0.15, 0.2) is 5.82 Å². The average molecular weight is 260 g/mol. The molecule has 102 valence electrons. The molecule has 1 aliphatic heterocycles. The van der Waals surface area contributed by atoms with Gasteiger partial charge in [-0.3, -0.25) is 15.0 Å². The van der Waals surface area contributed by atoms with Gasteiger partial charge in [0.1, 0.15) is 0 Å². The van der Waals surface area contributed by atoms with Crippen LogP contribution >= 0.6 is 0 Å². The monoisotopic (exact) mass is 260 g/mol. The highest BCUT2D eigenvalue weighted by Crippen LogP contribution is 2.17. The summed E-state index contributed by atoms with van der Waals surface area (Å²) in [5.41, 5.74) is 1.03. The van der Waals surface area contributed by atoms with Crippen LogP contribution in [0.1, 0.15) is 0 Å². The topological polar surface area (TPSA) is 60.1 Å². The first-order chi connectivity index (χ1) is 9.33. The van der Waals surface area contributed by atoms with Crippen LogP contribution in [0.25, 0.3) is 10.9 Å². The van der Waals surface area contributed by atoms with Crippen molar-refractivity contribution >= 4 is 16.7 Å². The van der Waals surface area contributed by atoms with E-state index < -0.39 is 0 Å². The number of nitrogens with one attached hydrogen (secondary N) is 2. The Labute approximate surface area is 112 Å². The summed E-state index contributed by atoms with van der Waals surface area (Å²) in [5, 5.41) is 11.7. The van der Waals surface area contributed by atoms with Gasteiger partial charge in [0.25, 0.3) is 0 Å². The number of likely N-dealkylation sites (N-methyl/N-ethyl adjacent to an activating group) is 1. The zero-order chi connectivity index (χ0) is 13.1. The fourth-order valence-electron chi connectivity index (χ4n) is 2.40. The number of pyridine rings is 1. The van der Waals surface area contributed by atoms with Crippen molar-refractivity contribution in [3.63, 3.8) is 0 Å². The number of aromatic amines is 1. The van der Waals surface area contributed by atoms with Crippen LogP contribution in [0.3, 0.4) is 0 Å². The number of anilines is 1. The van der Waals surface area contributed by atoms with Gasteiger partial charge in [0, 0.05) is 51.7 Å². The third-order valence-corrected chi connectivity index (χ3v) is 3.68. The Morgan fingerprint density at radius 2 is 2.16 bits per heavy atom. The lowest BCUT2D eigenvalue weighted by Crippen LogP contribution is -2.45. The molecule has 19 heavy (non-hydrogen) atoms. The van der Waals surface area contributed by atoms with Crippen molar-refractivity contribution in [2.24, 2.45) is 0 Å². The molecule has 0 aromatic carbocycles. The van der Waals surface area contributed by atoms with E-state index in [1.165, 1.54) is 0 Å². The molecule has 0 saturated carbocycles. The van der Waals surface area contributed by atoms with Crippen LogP contribution in [0.4, 0.5) is 5.82 Å². The van der Waals surface area contributed by atoms with Crippen molar-refractivity contribution in [3.05, 3.63) is 18.5 Å². The Morgan fingerprint density at radius 3 is 3.00 bits per heavy atom. The SMILES string of the molecule is CN1CCN(CCNc2n[nH]c3ccncc23)CC1. The molecule has 0 amide bonds. The molecule has 1 aliphatic rings. The van der Waals surface area contributed by atoms with Crippen molar-refractivity contribution in [1.82, 2.24) is 25.0 Å². The standard InChI is InChI=1S/C13H20N6/c1-18-6-8-19(9-7-18)5-4-15-13-11-10-14-3-2-12(11)16-17-13/h2-3,10H,4-9H2,1H3,(H2,15,16,17). The quantitative estimate of drug-likeness (QED) is 0.844. The van der Waals surface area contributed by atoms with Gasteiger partial charge < -0.3 is 10.2 Å². The second kappa shape index (κ2) is 5.54. The van der Waals surface area contributed by atoms with Gasteiger partial charge in [-0.25, -0.2) is 0 Å². The molecule has 0 bridgehead atoms. The minimum Gasteiger partial charge on any atom is -0.367 e. The number of hydrogen-bond acceptors (Lipinski definition) is 5. The summed E-state index contributed by atoms with van der Waals surface area (Å²) in [4.78, 5) is 8.99. The Bertz CT molecular complexity index is 529. The minimum absolute atomic E-state index is 0.900. The fourth-order valence-corrected chi connectivity index (χ4v) is 2.40. The lowest BCUT2D eigenvalue weighted by Gasteiger charge is -2.32. The van der Waals surface area contributed by atoms with Crippen molar-refractivity contribution in [3.8, 4) is 0 Å². The maximum atomic E-state index is 4.29. The number of hydrogen-bond donors (Lipinski definition) is 2. The largest absolute Gasteiger partial charge is 0.367 e. The van der Waals surface area contributed by atoms with E-state index in [0.29, 0.717) is 0 Å². The average Bonchev–Trinajstić information content (AvgIpc) is 2.85. The summed E-state index contributed by atoms with van der Waals surface area (Å²) in [6, 6.07) is 1.94. The summed E-state index contributed by atoms with van der Waals surface area (Å²) in [6.45, 7) is 6.60. The zero-order valence-corrected chi connectivity index (χ0v) is 11.3. The second-order valence-corrected chi connectivity index (χ2v) is 5.07. The van der Waals surface area contributed by atoms with E-state index in [1.54, 1.807) is 6.20 Å². The molecular weight excluding hydrogens is 240 g/mol. The molecule has 3 rings (SSSR count). The predicted molar refractivity (Wildman–Crippen MR) is 76.3 cm³/mol. The maximum Gasteiger partial charge on any atom is 0.157 e. The molecule has 0 unspecified atom stereocenters. The third kappa shape index (κ3) is 2.85. The van der Waals surface area contributed by atoms with E-state index >= 15 is 0 Å². The van der Waals surface area contributed by atoms with Gasteiger partial charge in [-0.05, 0) is 13.1 Å². The Hall–Kier alpha value is -1.66. The van der Waals surface area contributed by atoms with Gasteiger partial charge in [-0.15, -0.1) is 0 Å². The molecule has 6 nitrogen and oxygen atoms in total. The Balaban J connectivity index is 1.52. The molecule has 0 radical (unpaired) electrons. The predicted octanol–water partition coefficient (Wildman–Crippen LogP) is 0.617. The number of piperazine rings is 1. The van der Waals surface area contributed by atoms with Gasteiger partial charge in [0.05, 0.1) is 10.9 Å². The van der Waals surface area contributed by atoms with Crippen LogP contribution in [0.2, 0.25) is 0 Å². The maximum absolute atomic E-state index is 4.29. The lowest BCUT2D eigenvalue weighted by molar-refractivity contribution is 0.158. The number of aromatic nitrogens is 3. The van der Waals surface area contributed by atoms with E-state index in [4.69, 9.17) is 0 Å². The molecule has 0 aliphatic carbocycles. The van der Waals surface area contributed by atoms with Crippen LogP contribution in [0.15, 0.2) is 18.5 Å². The van der Waals surface area contributed by atoms with Crippen molar-refractivity contribution in [2.75, 3.05) is 51.6 Å². The molecule has 2 N–H and O–H groups in total. The number of rotatable bonds is 4. The van der Waals surface area contributed by atoms with Crippen LogP contribution in [0, 0.1) is 0 Å². The zero-order valence-electron chi connectivity index (χ0n) is 11.3. The molecular formula is C13H20N6. The van der Waals surface area contributed by atoms with Gasteiger partial charge in [-0.1, -0.05) is 0 Å². The Kier molecular flexibility index (Phi) is 3.61. The van der Waals surface area contributed by atoms with Gasteiger partial charge in [-0.2, -0.15) is 5.10 Å². The van der Waals surface area contributed by atoms with E-state index in [1.807, 2.05) is 12.3 Å². The fraction of sp³-hybridized carbons (Fsp3) is 0.538. The van der Waals surface area contributed by atoms with Crippen molar-refractivity contribution in [2.45, 2.75) is 0 Å². The lowest BCUT2D eigenvalue weighted by atomic mass is 10.3. The van der Waals surface area contributed by atoms with E-state index in [9.17, 15) is 0 Å². The highest BCUT2D eigenvalue weighted by molar-refractivity contribution is 5.88. The van der Waals surface area contributed by atoms with Crippen LogP contribution in [-0.4, -0.2) is 71.3 Å². The van der Waals surface area contributed by atoms with Gasteiger partial charge >= 0.3 is 0 Å². The summed E-state index contributed by atoms with van der Waals surface area (Å²) in [7, 11) is 2.18. The van der Waals surface area contributed by atoms with Crippen LogP contribution in [-0.2, 0) is 0 Å². The highest BCUT2D eigenvalue weighted by atomic mass is 15.3. The van der Waals surface area contributed by atoms with Crippen LogP contribution < -0.4 is 5.32 Å². The highest BCUT2D eigenvalue weighted by Gasteiger charge is 2.13. The first-order valence-corrected chi connectivity index (χ1v) is 6.76. The van der Waals surface area contributed by atoms with Crippen LogP contribution in [0.5, 0.6) is 0 Å². The normalized spacial score (nSPS) is 17.9. The van der Waals surface area contributed by atoms with E-state index in [0.717, 1.165) is 56.0 Å².